The number of carbonyl (C=O) groups is 2. The van der Waals surface area contributed by atoms with E-state index in [2.05, 4.69) is 9.47 Å². The standard InChI is InChI=1S/C6H10O4/c1-5(8)10-6(2,3)9-4-7/h4H,1-3H3. The first-order valence-corrected chi connectivity index (χ1v) is 2.79. The molecule has 0 heterocycles. The van der Waals surface area contributed by atoms with Crippen molar-refractivity contribution < 1.29 is 19.1 Å². The third-order valence-electron chi connectivity index (χ3n) is 0.721. The summed E-state index contributed by atoms with van der Waals surface area (Å²) in [5, 5.41) is 0. The molecule has 10 heavy (non-hydrogen) atoms. The van der Waals surface area contributed by atoms with Crippen molar-refractivity contribution in [2.45, 2.75) is 26.6 Å². The molecule has 0 aromatic rings. The molecule has 0 amide bonds. The molecule has 0 aliphatic rings. The van der Waals surface area contributed by atoms with Gasteiger partial charge in [-0.05, 0) is 0 Å². The Bertz CT molecular complexity index is 139. The molecular formula is C6H10O4. The van der Waals surface area contributed by atoms with Crippen molar-refractivity contribution in [3.8, 4) is 0 Å². The highest BCUT2D eigenvalue weighted by atomic mass is 16.7. The first-order chi connectivity index (χ1) is 4.48. The van der Waals surface area contributed by atoms with Gasteiger partial charge in [0.2, 0.25) is 0 Å². The van der Waals surface area contributed by atoms with Gasteiger partial charge in [0.05, 0.1) is 0 Å². The van der Waals surface area contributed by atoms with Gasteiger partial charge < -0.3 is 9.47 Å². The number of carbonyl (C=O) groups excluding carboxylic acids is 2. The molecule has 0 atom stereocenters. The quantitative estimate of drug-likeness (QED) is 0.329. The van der Waals surface area contributed by atoms with E-state index in [-0.39, 0.29) is 6.47 Å². The lowest BCUT2D eigenvalue weighted by atomic mass is 10.4. The number of hydrogen-bond acceptors (Lipinski definition) is 4. The second-order valence-corrected chi connectivity index (χ2v) is 2.21. The Kier molecular flexibility index (Phi) is 2.86. The fourth-order valence-corrected chi connectivity index (χ4v) is 0.486. The summed E-state index contributed by atoms with van der Waals surface area (Å²) in [5.41, 5.74) is 0. The second kappa shape index (κ2) is 3.20. The lowest BCUT2D eigenvalue weighted by Gasteiger charge is -2.21. The second-order valence-electron chi connectivity index (χ2n) is 2.21. The molecular weight excluding hydrogens is 136 g/mol. The van der Waals surface area contributed by atoms with Crippen molar-refractivity contribution in [2.24, 2.45) is 0 Å². The monoisotopic (exact) mass is 146 g/mol. The zero-order valence-corrected chi connectivity index (χ0v) is 6.21. The molecule has 0 unspecified atom stereocenters. The zero-order chi connectivity index (χ0) is 8.20. The summed E-state index contributed by atoms with van der Waals surface area (Å²) in [6, 6.07) is 0. The van der Waals surface area contributed by atoms with Gasteiger partial charge in [-0.15, -0.1) is 0 Å². The summed E-state index contributed by atoms with van der Waals surface area (Å²) >= 11 is 0. The van der Waals surface area contributed by atoms with Gasteiger partial charge in [-0.1, -0.05) is 0 Å². The van der Waals surface area contributed by atoms with E-state index in [0.29, 0.717) is 0 Å². The van der Waals surface area contributed by atoms with Gasteiger partial charge >= 0.3 is 5.97 Å². The van der Waals surface area contributed by atoms with Gasteiger partial charge in [0, 0.05) is 20.8 Å². The van der Waals surface area contributed by atoms with E-state index in [1.54, 1.807) is 0 Å². The predicted molar refractivity (Wildman–Crippen MR) is 33.0 cm³/mol. The van der Waals surface area contributed by atoms with E-state index in [1.165, 1.54) is 20.8 Å². The smallest absolute Gasteiger partial charge is 0.305 e. The maximum absolute atomic E-state index is 10.3. The Morgan fingerprint density at radius 3 is 2.30 bits per heavy atom. The van der Waals surface area contributed by atoms with Crippen LogP contribution in [0.5, 0.6) is 0 Å². The molecule has 0 aliphatic heterocycles. The Hall–Kier alpha value is -1.06. The average Bonchev–Trinajstić information content (AvgIpc) is 1.59. The third-order valence-corrected chi connectivity index (χ3v) is 0.721. The normalized spacial score (nSPS) is 10.3. The van der Waals surface area contributed by atoms with Crippen LogP contribution in [0.1, 0.15) is 20.8 Å². The molecule has 0 saturated heterocycles. The minimum atomic E-state index is -1.15. The Morgan fingerprint density at radius 2 is 2.00 bits per heavy atom. The van der Waals surface area contributed by atoms with Crippen LogP contribution < -0.4 is 0 Å². The molecule has 0 radical (unpaired) electrons. The summed E-state index contributed by atoms with van der Waals surface area (Å²) in [6.07, 6.45) is 0. The topological polar surface area (TPSA) is 52.6 Å². The van der Waals surface area contributed by atoms with E-state index >= 15 is 0 Å². The van der Waals surface area contributed by atoms with Crippen LogP contribution in [0.4, 0.5) is 0 Å². The van der Waals surface area contributed by atoms with Crippen molar-refractivity contribution in [1.29, 1.82) is 0 Å². The van der Waals surface area contributed by atoms with Crippen molar-refractivity contribution in [3.05, 3.63) is 0 Å². The fourth-order valence-electron chi connectivity index (χ4n) is 0.486. The van der Waals surface area contributed by atoms with Crippen molar-refractivity contribution in [3.63, 3.8) is 0 Å². The van der Waals surface area contributed by atoms with Gasteiger partial charge in [0.25, 0.3) is 12.3 Å². The fraction of sp³-hybridized carbons (Fsp3) is 0.667. The Balaban J connectivity index is 3.85. The van der Waals surface area contributed by atoms with Crippen LogP contribution in [0.15, 0.2) is 0 Å². The van der Waals surface area contributed by atoms with Gasteiger partial charge in [-0.25, -0.2) is 0 Å². The number of hydrogen-bond donors (Lipinski definition) is 0. The first-order valence-electron chi connectivity index (χ1n) is 2.79. The van der Waals surface area contributed by atoms with Gasteiger partial charge in [-0.3, -0.25) is 9.59 Å². The van der Waals surface area contributed by atoms with Crippen LogP contribution in [0.2, 0.25) is 0 Å². The molecule has 0 bridgehead atoms. The number of esters is 1. The van der Waals surface area contributed by atoms with Crippen LogP contribution in [-0.4, -0.2) is 18.2 Å². The highest BCUT2D eigenvalue weighted by molar-refractivity contribution is 5.66. The summed E-state index contributed by atoms with van der Waals surface area (Å²) < 4.78 is 9.00. The minimum Gasteiger partial charge on any atom is -0.425 e. The van der Waals surface area contributed by atoms with Crippen LogP contribution in [-0.2, 0) is 19.1 Å². The molecule has 0 aliphatic carbocycles. The lowest BCUT2D eigenvalue weighted by Crippen LogP contribution is -2.29. The SMILES string of the molecule is CC(=O)OC(C)(C)OC=O. The molecule has 0 spiro atoms. The third kappa shape index (κ3) is 3.88. The number of rotatable bonds is 3. The molecule has 0 rings (SSSR count). The van der Waals surface area contributed by atoms with E-state index in [9.17, 15) is 9.59 Å². The van der Waals surface area contributed by atoms with Crippen LogP contribution in [0, 0.1) is 0 Å². The summed E-state index contributed by atoms with van der Waals surface area (Å²) in [4.78, 5) is 20.1. The van der Waals surface area contributed by atoms with E-state index in [4.69, 9.17) is 0 Å². The Morgan fingerprint density at radius 1 is 1.50 bits per heavy atom. The van der Waals surface area contributed by atoms with Crippen LogP contribution in [0.25, 0.3) is 0 Å². The maximum atomic E-state index is 10.3. The highest BCUT2D eigenvalue weighted by Crippen LogP contribution is 2.08. The molecule has 4 heteroatoms. The van der Waals surface area contributed by atoms with Crippen molar-refractivity contribution >= 4 is 12.4 Å². The molecule has 0 fully saturated rings. The highest BCUT2D eigenvalue weighted by Gasteiger charge is 2.21. The van der Waals surface area contributed by atoms with Gasteiger partial charge in [0.15, 0.2) is 0 Å². The predicted octanol–water partition coefficient (Wildman–Crippen LogP) is 0.459. The summed E-state index contributed by atoms with van der Waals surface area (Å²) in [6.45, 7) is 4.43. The summed E-state index contributed by atoms with van der Waals surface area (Å²) in [7, 11) is 0. The maximum Gasteiger partial charge on any atom is 0.305 e. The van der Waals surface area contributed by atoms with Crippen molar-refractivity contribution in [2.75, 3.05) is 0 Å². The number of ether oxygens (including phenoxy) is 2. The molecule has 4 nitrogen and oxygen atoms in total. The molecule has 58 valence electrons. The minimum absolute atomic E-state index is 0.239. The summed E-state index contributed by atoms with van der Waals surface area (Å²) in [5.74, 6) is -1.63. The molecule has 0 saturated carbocycles. The molecule has 0 aromatic carbocycles. The van der Waals surface area contributed by atoms with E-state index < -0.39 is 11.8 Å². The van der Waals surface area contributed by atoms with Crippen molar-refractivity contribution in [1.82, 2.24) is 0 Å². The lowest BCUT2D eigenvalue weighted by molar-refractivity contribution is -0.205. The van der Waals surface area contributed by atoms with Gasteiger partial charge in [-0.2, -0.15) is 0 Å². The average molecular weight is 146 g/mol. The van der Waals surface area contributed by atoms with Crippen LogP contribution >= 0.6 is 0 Å². The molecule has 0 N–H and O–H groups in total. The molecule has 0 aromatic heterocycles. The van der Waals surface area contributed by atoms with Gasteiger partial charge in [0.1, 0.15) is 0 Å². The van der Waals surface area contributed by atoms with E-state index in [0.717, 1.165) is 0 Å². The largest absolute Gasteiger partial charge is 0.425 e. The van der Waals surface area contributed by atoms with Crippen LogP contribution in [0.3, 0.4) is 0 Å². The zero-order valence-electron chi connectivity index (χ0n) is 6.21. The van der Waals surface area contributed by atoms with E-state index in [1.807, 2.05) is 0 Å². The Labute approximate surface area is 59.1 Å². The first kappa shape index (κ1) is 8.94.